The number of amides is 2. The van der Waals surface area contributed by atoms with E-state index in [0.29, 0.717) is 54.2 Å². The molecule has 1 aliphatic heterocycles. The van der Waals surface area contributed by atoms with Gasteiger partial charge in [0.05, 0.1) is 7.11 Å². The maximum Gasteiger partial charge on any atom is 0.339 e. The van der Waals surface area contributed by atoms with E-state index in [2.05, 4.69) is 0 Å². The minimum Gasteiger partial charge on any atom is -0.497 e. The third-order valence-electron chi connectivity index (χ3n) is 6.42. The largest absolute Gasteiger partial charge is 0.497 e. The number of carbonyl (C=O) groups excluding carboxylic acids is 2. The Bertz CT molecular complexity index is 1310. The molecule has 0 bridgehead atoms. The first-order chi connectivity index (χ1) is 16.3. The summed E-state index contributed by atoms with van der Waals surface area (Å²) in [6, 6.07) is 9.77. The zero-order chi connectivity index (χ0) is 24.4. The van der Waals surface area contributed by atoms with Crippen LogP contribution >= 0.6 is 0 Å². The van der Waals surface area contributed by atoms with Crippen molar-refractivity contribution in [1.29, 1.82) is 0 Å². The highest BCUT2D eigenvalue weighted by Crippen LogP contribution is 2.24. The van der Waals surface area contributed by atoms with E-state index in [1.54, 1.807) is 48.1 Å². The number of fused-ring (bicyclic) bond motifs is 1. The number of aryl methyl sites for hydroxylation is 2. The van der Waals surface area contributed by atoms with E-state index in [4.69, 9.17) is 9.15 Å². The van der Waals surface area contributed by atoms with Crippen LogP contribution in [0, 0.1) is 19.7 Å². The molecule has 0 spiro atoms. The van der Waals surface area contributed by atoms with Crippen LogP contribution in [0.4, 0.5) is 4.39 Å². The molecule has 2 aromatic carbocycles. The molecule has 0 saturated carbocycles. The van der Waals surface area contributed by atoms with Gasteiger partial charge in [0.15, 0.2) is 0 Å². The maximum atomic E-state index is 13.8. The number of ether oxygens (including phenoxy) is 1. The molecule has 2 heterocycles. The molecule has 0 unspecified atom stereocenters. The van der Waals surface area contributed by atoms with Crippen molar-refractivity contribution in [3.05, 3.63) is 74.9 Å². The van der Waals surface area contributed by atoms with Gasteiger partial charge in [-0.3, -0.25) is 9.59 Å². The summed E-state index contributed by atoms with van der Waals surface area (Å²) in [6.07, 6.45) is 0.446. The van der Waals surface area contributed by atoms with Crippen molar-refractivity contribution in [2.75, 3.05) is 33.3 Å². The van der Waals surface area contributed by atoms with Crippen molar-refractivity contribution in [2.45, 2.75) is 26.7 Å². The van der Waals surface area contributed by atoms with Gasteiger partial charge < -0.3 is 19.0 Å². The molecular formula is C26H27FN2O5. The molecule has 7 nitrogen and oxygen atoms in total. The fourth-order valence-electron chi connectivity index (χ4n) is 4.25. The third kappa shape index (κ3) is 4.66. The van der Waals surface area contributed by atoms with Crippen LogP contribution in [0.3, 0.4) is 0 Å². The topological polar surface area (TPSA) is 80.1 Å². The highest BCUT2D eigenvalue weighted by molar-refractivity contribution is 5.94. The second kappa shape index (κ2) is 9.67. The minimum atomic E-state index is -0.452. The number of hydrogen-bond donors (Lipinski definition) is 0. The van der Waals surface area contributed by atoms with E-state index in [-0.39, 0.29) is 24.7 Å². The fraction of sp³-hybridized carbons (Fsp3) is 0.346. The molecule has 1 fully saturated rings. The second-order valence-electron chi connectivity index (χ2n) is 8.49. The van der Waals surface area contributed by atoms with Gasteiger partial charge in [-0.25, -0.2) is 9.18 Å². The Morgan fingerprint density at radius 3 is 2.41 bits per heavy atom. The average molecular weight is 467 g/mol. The molecule has 4 rings (SSSR count). The summed E-state index contributed by atoms with van der Waals surface area (Å²) in [7, 11) is 1.55. The van der Waals surface area contributed by atoms with Crippen LogP contribution in [-0.4, -0.2) is 54.9 Å². The molecule has 0 aliphatic carbocycles. The van der Waals surface area contributed by atoms with E-state index < -0.39 is 11.4 Å². The molecule has 0 atom stereocenters. The molecule has 34 heavy (non-hydrogen) atoms. The molecule has 1 aliphatic rings. The standard InChI is InChI=1S/C26H27FN2O5/c1-16-4-5-18(14-22(16)27)25(31)29-12-10-28(11-13-29)24(30)9-8-21-17(2)20-7-6-19(33-3)15-23(20)34-26(21)32/h4-7,14-15H,8-13H2,1-3H3. The number of carbonyl (C=O) groups is 2. The molecule has 3 aromatic rings. The molecule has 178 valence electrons. The van der Waals surface area contributed by atoms with Gasteiger partial charge in [-0.15, -0.1) is 0 Å². The monoisotopic (exact) mass is 466 g/mol. The number of methoxy groups -OCH3 is 1. The first kappa shape index (κ1) is 23.5. The Morgan fingerprint density at radius 1 is 1.03 bits per heavy atom. The van der Waals surface area contributed by atoms with E-state index in [1.807, 2.05) is 13.0 Å². The van der Waals surface area contributed by atoms with Gasteiger partial charge in [-0.2, -0.15) is 0 Å². The molecule has 8 heteroatoms. The fourth-order valence-corrected chi connectivity index (χ4v) is 4.25. The van der Waals surface area contributed by atoms with Crippen LogP contribution in [0.5, 0.6) is 5.75 Å². The van der Waals surface area contributed by atoms with Gasteiger partial charge in [-0.05, 0) is 55.7 Å². The van der Waals surface area contributed by atoms with Crippen LogP contribution in [0.25, 0.3) is 11.0 Å². The van der Waals surface area contributed by atoms with E-state index in [0.717, 1.165) is 10.9 Å². The summed E-state index contributed by atoms with van der Waals surface area (Å²) < 4.78 is 24.5. The molecule has 1 aromatic heterocycles. The average Bonchev–Trinajstić information content (AvgIpc) is 2.84. The maximum absolute atomic E-state index is 13.8. The lowest BCUT2D eigenvalue weighted by Crippen LogP contribution is -2.50. The first-order valence-corrected chi connectivity index (χ1v) is 11.2. The predicted molar refractivity (Wildman–Crippen MR) is 126 cm³/mol. The van der Waals surface area contributed by atoms with Gasteiger partial charge in [-0.1, -0.05) is 6.07 Å². The van der Waals surface area contributed by atoms with Gasteiger partial charge in [0, 0.05) is 55.2 Å². The summed E-state index contributed by atoms with van der Waals surface area (Å²) in [4.78, 5) is 41.3. The highest BCUT2D eigenvalue weighted by Gasteiger charge is 2.25. The van der Waals surface area contributed by atoms with Gasteiger partial charge in [0.2, 0.25) is 5.91 Å². The molecule has 2 amide bonds. The van der Waals surface area contributed by atoms with Crippen molar-refractivity contribution in [3.63, 3.8) is 0 Å². The minimum absolute atomic E-state index is 0.0814. The van der Waals surface area contributed by atoms with Gasteiger partial charge in [0.1, 0.15) is 17.1 Å². The van der Waals surface area contributed by atoms with Crippen LogP contribution in [0.2, 0.25) is 0 Å². The second-order valence-corrected chi connectivity index (χ2v) is 8.49. The lowest BCUT2D eigenvalue weighted by Gasteiger charge is -2.35. The number of nitrogens with zero attached hydrogens (tertiary/aromatic N) is 2. The van der Waals surface area contributed by atoms with E-state index >= 15 is 0 Å². The van der Waals surface area contributed by atoms with E-state index in [1.165, 1.54) is 6.07 Å². The number of piperazine rings is 1. The van der Waals surface area contributed by atoms with Crippen LogP contribution in [0.15, 0.2) is 45.6 Å². The van der Waals surface area contributed by atoms with Gasteiger partial charge in [0.25, 0.3) is 5.91 Å². The summed E-state index contributed by atoms with van der Waals surface area (Å²) in [6.45, 7) is 5.03. The molecule has 0 radical (unpaired) electrons. The molecule has 0 N–H and O–H groups in total. The van der Waals surface area contributed by atoms with Crippen molar-refractivity contribution in [1.82, 2.24) is 9.80 Å². The molecule has 1 saturated heterocycles. The number of hydrogen-bond acceptors (Lipinski definition) is 5. The number of halogens is 1. The summed E-state index contributed by atoms with van der Waals surface area (Å²) in [5.74, 6) is -0.135. The van der Waals surface area contributed by atoms with Crippen molar-refractivity contribution < 1.29 is 23.1 Å². The summed E-state index contributed by atoms with van der Waals surface area (Å²) >= 11 is 0. The Kier molecular flexibility index (Phi) is 6.68. The Balaban J connectivity index is 1.37. The van der Waals surface area contributed by atoms with Crippen molar-refractivity contribution in [2.24, 2.45) is 0 Å². The van der Waals surface area contributed by atoms with Crippen molar-refractivity contribution >= 4 is 22.8 Å². The molecular weight excluding hydrogens is 439 g/mol. The van der Waals surface area contributed by atoms with Crippen LogP contribution in [0.1, 0.15) is 33.5 Å². The zero-order valence-corrected chi connectivity index (χ0v) is 19.5. The number of benzene rings is 2. The Morgan fingerprint density at radius 2 is 1.74 bits per heavy atom. The quantitative estimate of drug-likeness (QED) is 0.538. The third-order valence-corrected chi connectivity index (χ3v) is 6.42. The summed E-state index contributed by atoms with van der Waals surface area (Å²) in [5.41, 5.74) is 2.07. The Hall–Kier alpha value is -3.68. The smallest absolute Gasteiger partial charge is 0.339 e. The zero-order valence-electron chi connectivity index (χ0n) is 19.5. The lowest BCUT2D eigenvalue weighted by molar-refractivity contribution is -0.132. The van der Waals surface area contributed by atoms with Crippen LogP contribution < -0.4 is 10.4 Å². The predicted octanol–water partition coefficient (Wildman–Crippen LogP) is 3.47. The van der Waals surface area contributed by atoms with Crippen LogP contribution in [-0.2, 0) is 11.2 Å². The highest BCUT2D eigenvalue weighted by atomic mass is 19.1. The number of rotatable bonds is 5. The lowest BCUT2D eigenvalue weighted by atomic mass is 10.0. The normalized spacial score (nSPS) is 13.9. The Labute approximate surface area is 196 Å². The SMILES string of the molecule is COc1ccc2c(C)c(CCC(=O)N3CCN(C(=O)c4ccc(C)c(F)c4)CC3)c(=O)oc2c1. The first-order valence-electron chi connectivity index (χ1n) is 11.2. The van der Waals surface area contributed by atoms with E-state index in [9.17, 15) is 18.8 Å². The van der Waals surface area contributed by atoms with Crippen molar-refractivity contribution in [3.8, 4) is 5.75 Å². The van der Waals surface area contributed by atoms with Gasteiger partial charge >= 0.3 is 5.63 Å². The summed E-state index contributed by atoms with van der Waals surface area (Å²) in [5, 5.41) is 0.808.